The Balaban J connectivity index is 2.04. The molecule has 0 unspecified atom stereocenters. The number of hydrogen-bond acceptors (Lipinski definition) is 3. The zero-order chi connectivity index (χ0) is 14.5. The second-order valence-electron chi connectivity index (χ2n) is 4.43. The van der Waals surface area contributed by atoms with E-state index in [-0.39, 0.29) is 0 Å². The van der Waals surface area contributed by atoms with Gasteiger partial charge in [-0.05, 0) is 29.3 Å². The van der Waals surface area contributed by atoms with Crippen LogP contribution in [0.5, 0.6) is 0 Å². The van der Waals surface area contributed by atoms with E-state index in [9.17, 15) is 4.79 Å². The van der Waals surface area contributed by atoms with Crippen molar-refractivity contribution in [3.63, 3.8) is 0 Å². The Kier molecular flexibility index (Phi) is 4.61. The molecule has 0 saturated carbocycles. The number of amides is 1. The molecule has 2 aromatic carbocycles. The van der Waals surface area contributed by atoms with E-state index in [0.717, 1.165) is 16.8 Å². The summed E-state index contributed by atoms with van der Waals surface area (Å²) in [5.41, 5.74) is 14.1. The van der Waals surface area contributed by atoms with Gasteiger partial charge in [0.15, 0.2) is 0 Å². The van der Waals surface area contributed by atoms with Crippen LogP contribution in [-0.4, -0.2) is 5.91 Å². The van der Waals surface area contributed by atoms with Crippen LogP contribution in [-0.2, 0) is 13.1 Å². The highest BCUT2D eigenvalue weighted by Gasteiger charge is 2.05. The molecule has 0 aliphatic carbocycles. The largest absolute Gasteiger partial charge is 0.380 e. The van der Waals surface area contributed by atoms with E-state index in [1.165, 1.54) is 0 Å². The Morgan fingerprint density at radius 2 is 1.75 bits per heavy atom. The van der Waals surface area contributed by atoms with Gasteiger partial charge in [0.25, 0.3) is 0 Å². The molecule has 0 atom stereocenters. The number of benzene rings is 2. The van der Waals surface area contributed by atoms with Crippen molar-refractivity contribution in [1.82, 2.24) is 0 Å². The number of hydrogen-bond donors (Lipinski definition) is 3. The number of nitrogens with two attached hydrogens (primary N) is 2. The molecule has 0 spiro atoms. The predicted molar refractivity (Wildman–Crippen MR) is 81.6 cm³/mol. The van der Waals surface area contributed by atoms with Crippen LogP contribution in [0.4, 0.5) is 5.69 Å². The van der Waals surface area contributed by atoms with Crippen LogP contribution in [0.3, 0.4) is 0 Å². The van der Waals surface area contributed by atoms with Gasteiger partial charge in [-0.1, -0.05) is 35.9 Å². The maximum Gasteiger partial charge on any atom is 0.248 e. The van der Waals surface area contributed by atoms with Gasteiger partial charge in [-0.15, -0.1) is 0 Å². The molecule has 4 nitrogen and oxygen atoms in total. The SMILES string of the molecule is NCc1ccc(CNc2ccc(C(N)=O)cc2Cl)cc1. The van der Waals surface area contributed by atoms with E-state index in [4.69, 9.17) is 23.1 Å². The number of anilines is 1. The summed E-state index contributed by atoms with van der Waals surface area (Å²) in [7, 11) is 0. The first kappa shape index (κ1) is 14.4. The molecule has 0 heterocycles. The third kappa shape index (κ3) is 3.50. The highest BCUT2D eigenvalue weighted by atomic mass is 35.5. The van der Waals surface area contributed by atoms with Crippen molar-refractivity contribution in [3.05, 3.63) is 64.2 Å². The molecule has 0 aliphatic rings. The summed E-state index contributed by atoms with van der Waals surface area (Å²) in [6.07, 6.45) is 0. The maximum atomic E-state index is 11.0. The predicted octanol–water partition coefficient (Wildman–Crippen LogP) is 2.51. The Morgan fingerprint density at radius 1 is 1.10 bits per heavy atom. The fraction of sp³-hybridized carbons (Fsp3) is 0.133. The lowest BCUT2D eigenvalue weighted by atomic mass is 10.1. The van der Waals surface area contributed by atoms with Crippen molar-refractivity contribution in [2.45, 2.75) is 13.1 Å². The summed E-state index contributed by atoms with van der Waals surface area (Å²) in [5.74, 6) is -0.490. The lowest BCUT2D eigenvalue weighted by Gasteiger charge is -2.09. The van der Waals surface area contributed by atoms with Crippen LogP contribution >= 0.6 is 11.6 Å². The first-order chi connectivity index (χ1) is 9.60. The molecule has 5 heteroatoms. The van der Waals surface area contributed by atoms with E-state index >= 15 is 0 Å². The van der Waals surface area contributed by atoms with E-state index in [1.807, 2.05) is 24.3 Å². The van der Waals surface area contributed by atoms with Gasteiger partial charge < -0.3 is 16.8 Å². The van der Waals surface area contributed by atoms with Gasteiger partial charge in [-0.2, -0.15) is 0 Å². The summed E-state index contributed by atoms with van der Waals surface area (Å²) in [4.78, 5) is 11.0. The number of rotatable bonds is 5. The summed E-state index contributed by atoms with van der Waals surface area (Å²) in [5, 5.41) is 3.69. The minimum atomic E-state index is -0.490. The highest BCUT2D eigenvalue weighted by Crippen LogP contribution is 2.23. The molecular formula is C15H16ClN3O. The standard InChI is InChI=1S/C15H16ClN3O/c16-13-7-12(15(18)20)5-6-14(13)19-9-11-3-1-10(8-17)2-4-11/h1-7,19H,8-9,17H2,(H2,18,20). The monoisotopic (exact) mass is 289 g/mol. The maximum absolute atomic E-state index is 11.0. The molecule has 0 fully saturated rings. The zero-order valence-electron chi connectivity index (χ0n) is 10.9. The summed E-state index contributed by atoms with van der Waals surface area (Å²) >= 11 is 6.10. The topological polar surface area (TPSA) is 81.1 Å². The number of carbonyl (C=O) groups is 1. The van der Waals surface area contributed by atoms with Crippen molar-refractivity contribution < 1.29 is 4.79 Å². The molecule has 0 saturated heterocycles. The average molecular weight is 290 g/mol. The van der Waals surface area contributed by atoms with Crippen molar-refractivity contribution in [2.24, 2.45) is 11.5 Å². The van der Waals surface area contributed by atoms with Crippen LogP contribution < -0.4 is 16.8 Å². The van der Waals surface area contributed by atoms with Gasteiger partial charge in [0.1, 0.15) is 0 Å². The number of nitrogens with one attached hydrogen (secondary N) is 1. The molecule has 20 heavy (non-hydrogen) atoms. The molecule has 1 amide bonds. The minimum absolute atomic E-state index is 0.396. The van der Waals surface area contributed by atoms with Gasteiger partial charge in [0.2, 0.25) is 5.91 Å². The van der Waals surface area contributed by atoms with Crippen molar-refractivity contribution in [2.75, 3.05) is 5.32 Å². The summed E-state index contributed by atoms with van der Waals surface area (Å²) in [6.45, 7) is 1.18. The Labute approximate surface area is 122 Å². The van der Waals surface area contributed by atoms with Gasteiger partial charge in [-0.25, -0.2) is 0 Å². The average Bonchev–Trinajstić information content (AvgIpc) is 2.46. The molecule has 104 valence electrons. The molecule has 0 radical (unpaired) electrons. The van der Waals surface area contributed by atoms with E-state index in [1.54, 1.807) is 18.2 Å². The van der Waals surface area contributed by atoms with Gasteiger partial charge in [0, 0.05) is 18.7 Å². The van der Waals surface area contributed by atoms with Gasteiger partial charge in [-0.3, -0.25) is 4.79 Å². The third-order valence-corrected chi connectivity index (χ3v) is 3.31. The van der Waals surface area contributed by atoms with Crippen LogP contribution in [0.2, 0.25) is 5.02 Å². The molecule has 0 bridgehead atoms. The van der Waals surface area contributed by atoms with Gasteiger partial charge >= 0.3 is 0 Å². The van der Waals surface area contributed by atoms with E-state index in [0.29, 0.717) is 23.7 Å². The summed E-state index contributed by atoms with van der Waals surface area (Å²) in [6, 6.07) is 13.0. The lowest BCUT2D eigenvalue weighted by molar-refractivity contribution is 0.100. The second kappa shape index (κ2) is 6.41. The smallest absolute Gasteiger partial charge is 0.248 e. The Morgan fingerprint density at radius 3 is 2.30 bits per heavy atom. The molecular weight excluding hydrogens is 274 g/mol. The quantitative estimate of drug-likeness (QED) is 0.791. The van der Waals surface area contributed by atoms with Crippen molar-refractivity contribution in [1.29, 1.82) is 0 Å². The Hall–Kier alpha value is -2.04. The normalized spacial score (nSPS) is 10.3. The third-order valence-electron chi connectivity index (χ3n) is 3.00. The van der Waals surface area contributed by atoms with Crippen LogP contribution in [0.15, 0.2) is 42.5 Å². The highest BCUT2D eigenvalue weighted by molar-refractivity contribution is 6.33. The number of primary amides is 1. The van der Waals surface area contributed by atoms with E-state index < -0.39 is 5.91 Å². The van der Waals surface area contributed by atoms with Crippen LogP contribution in [0, 0.1) is 0 Å². The molecule has 0 aliphatic heterocycles. The van der Waals surface area contributed by atoms with Crippen molar-refractivity contribution >= 4 is 23.2 Å². The van der Waals surface area contributed by atoms with E-state index in [2.05, 4.69) is 5.32 Å². The Bertz CT molecular complexity index is 611. The number of carbonyl (C=O) groups excluding carboxylic acids is 1. The minimum Gasteiger partial charge on any atom is -0.380 e. The van der Waals surface area contributed by atoms with Crippen LogP contribution in [0.25, 0.3) is 0 Å². The van der Waals surface area contributed by atoms with Crippen LogP contribution in [0.1, 0.15) is 21.5 Å². The molecule has 2 aromatic rings. The zero-order valence-corrected chi connectivity index (χ0v) is 11.7. The fourth-order valence-electron chi connectivity index (χ4n) is 1.80. The first-order valence-corrected chi connectivity index (χ1v) is 6.59. The molecule has 2 rings (SSSR count). The molecule has 5 N–H and O–H groups in total. The lowest BCUT2D eigenvalue weighted by Crippen LogP contribution is -2.11. The van der Waals surface area contributed by atoms with Gasteiger partial charge in [0.05, 0.1) is 10.7 Å². The fourth-order valence-corrected chi connectivity index (χ4v) is 2.05. The number of halogens is 1. The first-order valence-electron chi connectivity index (χ1n) is 6.21. The summed E-state index contributed by atoms with van der Waals surface area (Å²) < 4.78 is 0. The van der Waals surface area contributed by atoms with Crippen molar-refractivity contribution in [3.8, 4) is 0 Å². The second-order valence-corrected chi connectivity index (χ2v) is 4.84. The molecule has 0 aromatic heterocycles.